The molecule has 0 aliphatic carbocycles. The number of piperidine rings is 1. The van der Waals surface area contributed by atoms with E-state index < -0.39 is 11.6 Å². The van der Waals surface area contributed by atoms with Gasteiger partial charge in [0.05, 0.1) is 0 Å². The van der Waals surface area contributed by atoms with Crippen LogP contribution in [0, 0.1) is 0 Å². The quantitative estimate of drug-likeness (QED) is 0.767. The highest BCUT2D eigenvalue weighted by molar-refractivity contribution is 5.78. The number of hydrogen-bond donors (Lipinski definition) is 2. The number of likely N-dealkylation sites (tertiary alicyclic amines) is 1. The van der Waals surface area contributed by atoms with Crippen molar-refractivity contribution in [2.75, 3.05) is 26.7 Å². The van der Waals surface area contributed by atoms with Crippen molar-refractivity contribution < 1.29 is 19.4 Å². The lowest BCUT2D eigenvalue weighted by Gasteiger charge is -2.41. The molecule has 2 fully saturated rings. The number of carboxylic acid groups (broad SMARTS) is 1. The summed E-state index contributed by atoms with van der Waals surface area (Å²) in [6, 6.07) is 0.242. The molecule has 0 aromatic carbocycles. The maximum atomic E-state index is 11.6. The van der Waals surface area contributed by atoms with Gasteiger partial charge in [-0.25, -0.2) is 4.79 Å². The van der Waals surface area contributed by atoms with E-state index in [1.54, 1.807) is 0 Å². The fraction of sp³-hybridized carbons (Fsp3) is 0.846. The van der Waals surface area contributed by atoms with Crippen LogP contribution in [0.25, 0.3) is 0 Å². The zero-order valence-corrected chi connectivity index (χ0v) is 11.4. The van der Waals surface area contributed by atoms with Crippen molar-refractivity contribution >= 4 is 11.9 Å². The van der Waals surface area contributed by atoms with Crippen molar-refractivity contribution in [3.05, 3.63) is 0 Å². The van der Waals surface area contributed by atoms with Gasteiger partial charge in [-0.05, 0) is 25.7 Å². The van der Waals surface area contributed by atoms with Gasteiger partial charge in [-0.1, -0.05) is 0 Å². The van der Waals surface area contributed by atoms with E-state index in [4.69, 9.17) is 4.74 Å². The van der Waals surface area contributed by atoms with Crippen LogP contribution >= 0.6 is 0 Å². The van der Waals surface area contributed by atoms with Crippen LogP contribution < -0.4 is 5.32 Å². The van der Waals surface area contributed by atoms with Gasteiger partial charge in [-0.3, -0.25) is 9.69 Å². The molecule has 2 aliphatic rings. The number of carbonyl (C=O) groups excluding carboxylic acids is 1. The van der Waals surface area contributed by atoms with Crippen LogP contribution in [0.15, 0.2) is 0 Å². The molecular formula is C13H22N2O4. The predicted molar refractivity (Wildman–Crippen MR) is 68.8 cm³/mol. The van der Waals surface area contributed by atoms with Crippen molar-refractivity contribution in [2.45, 2.75) is 43.7 Å². The summed E-state index contributed by atoms with van der Waals surface area (Å²) in [5.41, 5.74) is -1.04. The first kappa shape index (κ1) is 14.3. The van der Waals surface area contributed by atoms with E-state index in [1.165, 1.54) is 7.11 Å². The average molecular weight is 270 g/mol. The van der Waals surface area contributed by atoms with Gasteiger partial charge in [0.2, 0.25) is 5.91 Å². The Morgan fingerprint density at radius 3 is 2.74 bits per heavy atom. The highest BCUT2D eigenvalue weighted by Gasteiger charge is 2.43. The average Bonchev–Trinajstić information content (AvgIpc) is 2.63. The number of hydrogen-bond acceptors (Lipinski definition) is 4. The molecule has 2 N–H and O–H groups in total. The van der Waals surface area contributed by atoms with Crippen molar-refractivity contribution in [1.82, 2.24) is 10.2 Å². The summed E-state index contributed by atoms with van der Waals surface area (Å²) in [6.07, 6.45) is 3.47. The zero-order valence-electron chi connectivity index (χ0n) is 11.4. The van der Waals surface area contributed by atoms with E-state index >= 15 is 0 Å². The number of methoxy groups -OCH3 is 1. The minimum atomic E-state index is -1.04. The molecule has 1 atom stereocenters. The topological polar surface area (TPSA) is 78.9 Å². The summed E-state index contributed by atoms with van der Waals surface area (Å²) in [5.74, 6) is -0.780. The Balaban J connectivity index is 1.95. The molecule has 0 saturated carbocycles. The Bertz CT molecular complexity index is 351. The first-order valence-corrected chi connectivity index (χ1v) is 6.87. The first-order valence-electron chi connectivity index (χ1n) is 6.87. The summed E-state index contributed by atoms with van der Waals surface area (Å²) in [4.78, 5) is 25.1. The monoisotopic (exact) mass is 270 g/mol. The fourth-order valence-electron chi connectivity index (χ4n) is 3.02. The summed E-state index contributed by atoms with van der Waals surface area (Å²) in [7, 11) is 1.46. The van der Waals surface area contributed by atoms with Crippen LogP contribution in [-0.4, -0.2) is 60.3 Å². The van der Waals surface area contributed by atoms with Crippen molar-refractivity contribution in [3.8, 4) is 0 Å². The second-order valence-electron chi connectivity index (χ2n) is 5.39. The molecule has 0 bridgehead atoms. The van der Waals surface area contributed by atoms with Gasteiger partial charge in [-0.2, -0.15) is 0 Å². The lowest BCUT2D eigenvalue weighted by molar-refractivity contribution is -0.169. The number of nitrogens with zero attached hydrogens (tertiary/aromatic N) is 1. The van der Waals surface area contributed by atoms with E-state index in [1.807, 2.05) is 0 Å². The number of rotatable bonds is 3. The molecule has 1 amide bonds. The zero-order chi connectivity index (χ0) is 13.9. The molecule has 2 rings (SSSR count). The largest absolute Gasteiger partial charge is 0.479 e. The molecule has 0 aromatic rings. The van der Waals surface area contributed by atoms with Crippen molar-refractivity contribution in [2.24, 2.45) is 0 Å². The number of carbonyl (C=O) groups is 2. The predicted octanol–water partition coefficient (Wildman–Crippen LogP) is 0.221. The van der Waals surface area contributed by atoms with Gasteiger partial charge < -0.3 is 15.2 Å². The lowest BCUT2D eigenvalue weighted by atomic mass is 9.89. The molecule has 0 aromatic heterocycles. The molecule has 19 heavy (non-hydrogen) atoms. The Hall–Kier alpha value is -1.14. The molecule has 108 valence electrons. The minimum absolute atomic E-state index is 0.101. The third-order valence-corrected chi connectivity index (χ3v) is 4.36. The highest BCUT2D eigenvalue weighted by atomic mass is 16.5. The number of carboxylic acids is 1. The number of amides is 1. The smallest absolute Gasteiger partial charge is 0.336 e. The normalized spacial score (nSPS) is 28.5. The number of aliphatic carboxylic acids is 1. The molecule has 6 nitrogen and oxygen atoms in total. The molecule has 6 heteroatoms. The summed E-state index contributed by atoms with van der Waals surface area (Å²) in [6.45, 7) is 2.11. The van der Waals surface area contributed by atoms with E-state index in [0.717, 1.165) is 19.4 Å². The Labute approximate surface area is 113 Å². The molecule has 2 heterocycles. The standard InChI is InChI=1S/C13H22N2O4/c1-19-13(12(17)18)4-7-15(8-5-13)10-3-2-6-14-11(16)9-10/h10H,2-9H2,1H3,(H,14,16)(H,17,18). The SMILES string of the molecule is COC1(C(=O)O)CCN(C2CCCNC(=O)C2)CC1. The van der Waals surface area contributed by atoms with Gasteiger partial charge in [-0.15, -0.1) is 0 Å². The fourth-order valence-corrected chi connectivity index (χ4v) is 3.02. The molecule has 2 saturated heterocycles. The van der Waals surface area contributed by atoms with E-state index in [9.17, 15) is 14.7 Å². The maximum Gasteiger partial charge on any atom is 0.336 e. The van der Waals surface area contributed by atoms with E-state index in [-0.39, 0.29) is 11.9 Å². The summed E-state index contributed by atoms with van der Waals surface area (Å²) < 4.78 is 5.22. The van der Waals surface area contributed by atoms with E-state index in [2.05, 4.69) is 10.2 Å². The third kappa shape index (κ3) is 3.06. The first-order chi connectivity index (χ1) is 9.07. The summed E-state index contributed by atoms with van der Waals surface area (Å²) in [5, 5.41) is 12.1. The Morgan fingerprint density at radius 1 is 1.47 bits per heavy atom. The molecular weight excluding hydrogens is 248 g/mol. The van der Waals surface area contributed by atoms with Crippen molar-refractivity contribution in [1.29, 1.82) is 0 Å². The molecule has 1 unspecified atom stereocenters. The summed E-state index contributed by atoms with van der Waals surface area (Å²) >= 11 is 0. The third-order valence-electron chi connectivity index (χ3n) is 4.36. The second kappa shape index (κ2) is 5.88. The number of ether oxygens (including phenoxy) is 1. The van der Waals surface area contributed by atoms with E-state index in [0.29, 0.717) is 32.4 Å². The van der Waals surface area contributed by atoms with Gasteiger partial charge in [0.1, 0.15) is 0 Å². The Kier molecular flexibility index (Phi) is 4.42. The molecule has 0 spiro atoms. The molecule has 0 radical (unpaired) electrons. The highest BCUT2D eigenvalue weighted by Crippen LogP contribution is 2.29. The Morgan fingerprint density at radius 2 is 2.16 bits per heavy atom. The van der Waals surface area contributed by atoms with Crippen LogP contribution in [0.4, 0.5) is 0 Å². The van der Waals surface area contributed by atoms with Crippen LogP contribution in [0.2, 0.25) is 0 Å². The maximum absolute atomic E-state index is 11.6. The van der Waals surface area contributed by atoms with Crippen LogP contribution in [0.5, 0.6) is 0 Å². The van der Waals surface area contributed by atoms with Crippen molar-refractivity contribution in [3.63, 3.8) is 0 Å². The van der Waals surface area contributed by atoms with Gasteiger partial charge in [0.15, 0.2) is 5.60 Å². The number of nitrogens with one attached hydrogen (secondary N) is 1. The minimum Gasteiger partial charge on any atom is -0.479 e. The van der Waals surface area contributed by atoms with Gasteiger partial charge in [0.25, 0.3) is 0 Å². The molecule has 2 aliphatic heterocycles. The van der Waals surface area contributed by atoms with Gasteiger partial charge >= 0.3 is 5.97 Å². The van der Waals surface area contributed by atoms with Gasteiger partial charge in [0, 0.05) is 39.2 Å². The lowest BCUT2D eigenvalue weighted by Crippen LogP contribution is -2.53. The second-order valence-corrected chi connectivity index (χ2v) is 5.39. The van der Waals surface area contributed by atoms with Crippen LogP contribution in [-0.2, 0) is 14.3 Å². The van der Waals surface area contributed by atoms with Crippen LogP contribution in [0.3, 0.4) is 0 Å². The van der Waals surface area contributed by atoms with Crippen LogP contribution in [0.1, 0.15) is 32.1 Å².